The number of nitrogens with zero attached hydrogens (tertiary/aromatic N) is 1. The first kappa shape index (κ1) is 21.2. The third kappa shape index (κ3) is 5.21. The summed E-state index contributed by atoms with van der Waals surface area (Å²) in [6.45, 7) is 2.88. The lowest BCUT2D eigenvalue weighted by Gasteiger charge is -2.31. The minimum absolute atomic E-state index is 0. The lowest BCUT2D eigenvalue weighted by molar-refractivity contribution is -0.126. The van der Waals surface area contributed by atoms with Gasteiger partial charge in [0, 0.05) is 31.1 Å². The predicted molar refractivity (Wildman–Crippen MR) is 111 cm³/mol. The number of rotatable bonds is 6. The molecule has 0 aromatic heterocycles. The normalized spacial score (nSPS) is 14.6. The molecule has 146 valence electrons. The molecule has 2 N–H and O–H groups in total. The van der Waals surface area contributed by atoms with Crippen molar-refractivity contribution in [1.82, 2.24) is 15.5 Å². The molecule has 0 atom stereocenters. The Kier molecular flexibility index (Phi) is 8.07. The Morgan fingerprint density at radius 3 is 2.48 bits per heavy atom. The molecular formula is C21H28ClN3O2. The number of carbonyl (C=O) groups excluding carboxylic acids is 2. The molecule has 0 saturated carbocycles. The van der Waals surface area contributed by atoms with E-state index < -0.39 is 0 Å². The molecule has 1 heterocycles. The summed E-state index contributed by atoms with van der Waals surface area (Å²) in [5, 5.41) is 8.14. The highest BCUT2D eigenvalue weighted by Crippen LogP contribution is 2.23. The molecule has 5 nitrogen and oxygen atoms in total. The number of benzene rings is 2. The second kappa shape index (κ2) is 10.3. The number of carbonyl (C=O) groups is 2. The van der Waals surface area contributed by atoms with Gasteiger partial charge in [-0.1, -0.05) is 36.4 Å². The third-order valence-corrected chi connectivity index (χ3v) is 5.08. The summed E-state index contributed by atoms with van der Waals surface area (Å²) in [6, 6.07) is 13.8. The van der Waals surface area contributed by atoms with Crippen LogP contribution >= 0.6 is 12.4 Å². The maximum absolute atomic E-state index is 13.0. The first-order chi connectivity index (χ1) is 12.7. The van der Waals surface area contributed by atoms with Crippen molar-refractivity contribution in [2.24, 2.45) is 5.92 Å². The van der Waals surface area contributed by atoms with Gasteiger partial charge in [0.1, 0.15) is 0 Å². The van der Waals surface area contributed by atoms with E-state index in [0.717, 1.165) is 42.1 Å². The van der Waals surface area contributed by atoms with E-state index in [1.165, 1.54) is 0 Å². The fraction of sp³-hybridized carbons (Fsp3) is 0.429. The van der Waals surface area contributed by atoms with Gasteiger partial charge in [0.05, 0.1) is 0 Å². The Balaban J connectivity index is 0.00000261. The molecule has 0 aliphatic carbocycles. The van der Waals surface area contributed by atoms with E-state index in [9.17, 15) is 9.59 Å². The average Bonchev–Trinajstić information content (AvgIpc) is 2.70. The molecule has 0 bridgehead atoms. The van der Waals surface area contributed by atoms with E-state index in [1.807, 2.05) is 54.4 Å². The van der Waals surface area contributed by atoms with Crippen LogP contribution in [0.15, 0.2) is 42.5 Å². The molecule has 3 rings (SSSR count). The van der Waals surface area contributed by atoms with E-state index in [0.29, 0.717) is 19.6 Å². The fourth-order valence-corrected chi connectivity index (χ4v) is 3.55. The van der Waals surface area contributed by atoms with Crippen molar-refractivity contribution in [1.29, 1.82) is 0 Å². The quantitative estimate of drug-likeness (QED) is 0.747. The van der Waals surface area contributed by atoms with Crippen LogP contribution in [0.5, 0.6) is 0 Å². The van der Waals surface area contributed by atoms with Gasteiger partial charge in [-0.25, -0.2) is 0 Å². The molecule has 0 radical (unpaired) electrons. The lowest BCUT2D eigenvalue weighted by Crippen LogP contribution is -2.43. The number of hydrogen-bond acceptors (Lipinski definition) is 3. The monoisotopic (exact) mass is 389 g/mol. The molecule has 2 aromatic carbocycles. The van der Waals surface area contributed by atoms with Gasteiger partial charge in [-0.15, -0.1) is 12.4 Å². The smallest absolute Gasteiger partial charge is 0.254 e. The first-order valence-corrected chi connectivity index (χ1v) is 9.40. The van der Waals surface area contributed by atoms with Crippen LogP contribution in [0.1, 0.15) is 29.6 Å². The topological polar surface area (TPSA) is 61.4 Å². The van der Waals surface area contributed by atoms with Crippen molar-refractivity contribution in [3.63, 3.8) is 0 Å². The molecular weight excluding hydrogens is 362 g/mol. The summed E-state index contributed by atoms with van der Waals surface area (Å²) < 4.78 is 0. The van der Waals surface area contributed by atoms with Gasteiger partial charge in [0.15, 0.2) is 0 Å². The van der Waals surface area contributed by atoms with Gasteiger partial charge < -0.3 is 15.5 Å². The highest BCUT2D eigenvalue weighted by atomic mass is 35.5. The summed E-state index contributed by atoms with van der Waals surface area (Å²) in [5.41, 5.74) is 0.748. The van der Waals surface area contributed by atoms with Crippen molar-refractivity contribution < 1.29 is 9.59 Å². The maximum atomic E-state index is 13.0. The average molecular weight is 390 g/mol. The van der Waals surface area contributed by atoms with Crippen molar-refractivity contribution in [3.8, 4) is 0 Å². The molecule has 2 amide bonds. The summed E-state index contributed by atoms with van der Waals surface area (Å²) >= 11 is 0. The second-order valence-corrected chi connectivity index (χ2v) is 6.84. The third-order valence-electron chi connectivity index (χ3n) is 5.08. The molecule has 27 heavy (non-hydrogen) atoms. The highest BCUT2D eigenvalue weighted by Gasteiger charge is 2.28. The number of likely N-dealkylation sites (tertiary alicyclic amines) is 1. The Labute approximate surface area is 166 Å². The zero-order valence-corrected chi connectivity index (χ0v) is 16.6. The summed E-state index contributed by atoms with van der Waals surface area (Å²) in [6.07, 6.45) is 2.39. The van der Waals surface area contributed by atoms with Crippen LogP contribution in [-0.4, -0.2) is 49.9 Å². The zero-order valence-electron chi connectivity index (χ0n) is 15.7. The van der Waals surface area contributed by atoms with Gasteiger partial charge in [-0.2, -0.15) is 0 Å². The summed E-state index contributed by atoms with van der Waals surface area (Å²) in [4.78, 5) is 27.1. The Morgan fingerprint density at radius 2 is 1.74 bits per heavy atom. The molecule has 1 fully saturated rings. The number of nitrogens with one attached hydrogen (secondary N) is 2. The molecule has 2 aromatic rings. The van der Waals surface area contributed by atoms with Gasteiger partial charge in [-0.05, 0) is 49.7 Å². The number of halogens is 1. The molecule has 0 spiro atoms. The van der Waals surface area contributed by atoms with Crippen LogP contribution in [0.4, 0.5) is 0 Å². The van der Waals surface area contributed by atoms with Gasteiger partial charge in [-0.3, -0.25) is 9.59 Å². The minimum atomic E-state index is 0. The second-order valence-electron chi connectivity index (χ2n) is 6.84. The van der Waals surface area contributed by atoms with Gasteiger partial charge in [0.25, 0.3) is 5.91 Å². The van der Waals surface area contributed by atoms with Crippen LogP contribution in [0.3, 0.4) is 0 Å². The Bertz CT molecular complexity index is 768. The zero-order chi connectivity index (χ0) is 18.4. The molecule has 0 unspecified atom stereocenters. The minimum Gasteiger partial charge on any atom is -0.356 e. The maximum Gasteiger partial charge on any atom is 0.254 e. The molecule has 1 aliphatic rings. The van der Waals surface area contributed by atoms with E-state index in [2.05, 4.69) is 10.6 Å². The molecule has 1 saturated heterocycles. The van der Waals surface area contributed by atoms with Crippen LogP contribution in [0, 0.1) is 5.92 Å². The number of piperidine rings is 1. The first-order valence-electron chi connectivity index (χ1n) is 9.40. The van der Waals surface area contributed by atoms with Crippen molar-refractivity contribution in [2.45, 2.75) is 19.3 Å². The van der Waals surface area contributed by atoms with Crippen LogP contribution in [0.2, 0.25) is 0 Å². The molecule has 6 heteroatoms. The van der Waals surface area contributed by atoms with Crippen molar-refractivity contribution in [3.05, 3.63) is 48.0 Å². The van der Waals surface area contributed by atoms with Crippen LogP contribution in [-0.2, 0) is 4.79 Å². The van der Waals surface area contributed by atoms with Crippen LogP contribution in [0.25, 0.3) is 10.8 Å². The summed E-state index contributed by atoms with van der Waals surface area (Å²) in [5.74, 6) is 0.203. The van der Waals surface area contributed by atoms with Crippen molar-refractivity contribution in [2.75, 3.05) is 33.2 Å². The van der Waals surface area contributed by atoms with Crippen LogP contribution < -0.4 is 10.6 Å². The Morgan fingerprint density at radius 1 is 1.04 bits per heavy atom. The van der Waals surface area contributed by atoms with E-state index in [-0.39, 0.29) is 30.1 Å². The van der Waals surface area contributed by atoms with Gasteiger partial charge >= 0.3 is 0 Å². The van der Waals surface area contributed by atoms with Gasteiger partial charge in [0.2, 0.25) is 5.91 Å². The fourth-order valence-electron chi connectivity index (χ4n) is 3.55. The summed E-state index contributed by atoms with van der Waals surface area (Å²) in [7, 11) is 1.91. The lowest BCUT2D eigenvalue weighted by atomic mass is 9.95. The number of hydrogen-bond donors (Lipinski definition) is 2. The van der Waals surface area contributed by atoms with E-state index in [1.54, 1.807) is 0 Å². The molecule has 1 aliphatic heterocycles. The number of fused-ring (bicyclic) bond motifs is 1. The van der Waals surface area contributed by atoms with Crippen molar-refractivity contribution >= 4 is 35.0 Å². The van der Waals surface area contributed by atoms with E-state index >= 15 is 0 Å². The highest BCUT2D eigenvalue weighted by molar-refractivity contribution is 6.07. The Hall–Kier alpha value is -2.11. The largest absolute Gasteiger partial charge is 0.356 e. The SMILES string of the molecule is CNCCCNC(=O)C1CCN(C(=O)c2cccc3ccccc23)CC1.Cl. The predicted octanol–water partition coefficient (Wildman–Crippen LogP) is 2.84. The standard InChI is InChI=1S/C21H27N3O2.ClH/c1-22-12-5-13-23-20(25)17-10-14-24(15-11-17)21(26)19-9-4-7-16-6-2-3-8-18(16)19;/h2-4,6-9,17,22H,5,10-15H2,1H3,(H,23,25);1H. The number of amides is 2. The van der Waals surface area contributed by atoms with E-state index in [4.69, 9.17) is 0 Å².